The predicted molar refractivity (Wildman–Crippen MR) is 60.2 cm³/mol. The lowest BCUT2D eigenvalue weighted by Crippen LogP contribution is -2.45. The topological polar surface area (TPSA) is 29.3 Å². The molecule has 0 spiro atoms. The Kier molecular flexibility index (Phi) is 2.85. The average Bonchev–Trinajstić information content (AvgIpc) is 2.50. The number of hydrogen-bond donors (Lipinski definition) is 1. The van der Waals surface area contributed by atoms with Crippen molar-refractivity contribution in [2.24, 2.45) is 11.1 Å². The van der Waals surface area contributed by atoms with Crippen molar-refractivity contribution in [3.05, 3.63) is 0 Å². The van der Waals surface area contributed by atoms with Gasteiger partial charge in [-0.15, -0.1) is 0 Å². The predicted octanol–water partition coefficient (Wildman–Crippen LogP) is 1.99. The Labute approximate surface area is 87.8 Å². The molecule has 2 fully saturated rings. The second kappa shape index (κ2) is 3.82. The number of nitrogens with two attached hydrogens (primary N) is 1. The Bertz CT molecular complexity index is 200. The van der Waals surface area contributed by atoms with Gasteiger partial charge in [0.05, 0.1) is 0 Å². The van der Waals surface area contributed by atoms with Gasteiger partial charge >= 0.3 is 0 Å². The fourth-order valence-electron chi connectivity index (χ4n) is 3.10. The van der Waals surface area contributed by atoms with Gasteiger partial charge in [-0.3, -0.25) is 4.90 Å². The summed E-state index contributed by atoms with van der Waals surface area (Å²) in [6.07, 6.45) is 6.57. The van der Waals surface area contributed by atoms with E-state index in [0.717, 1.165) is 6.04 Å². The molecule has 0 radical (unpaired) electrons. The third-order valence-electron chi connectivity index (χ3n) is 3.89. The number of hydrogen-bond acceptors (Lipinski definition) is 2. The molecule has 2 heteroatoms. The van der Waals surface area contributed by atoms with E-state index in [4.69, 9.17) is 5.73 Å². The smallest absolute Gasteiger partial charge is 0.0111 e. The fraction of sp³-hybridized carbons (Fsp3) is 1.00. The molecule has 1 saturated heterocycles. The molecule has 1 saturated carbocycles. The van der Waals surface area contributed by atoms with Crippen molar-refractivity contribution in [3.8, 4) is 0 Å². The van der Waals surface area contributed by atoms with Crippen molar-refractivity contribution in [3.63, 3.8) is 0 Å². The summed E-state index contributed by atoms with van der Waals surface area (Å²) in [6, 6.07) is 1.27. The van der Waals surface area contributed by atoms with Crippen LogP contribution in [0.15, 0.2) is 0 Å². The monoisotopic (exact) mass is 196 g/mol. The standard InChI is InChI=1S/C12H24N2/c1-12(2)6-3-7-14(9-12)11-5-4-10(13)8-11/h10-11H,3-9,13H2,1-2H3. The first-order valence-electron chi connectivity index (χ1n) is 6.06. The number of likely N-dealkylation sites (tertiary alicyclic amines) is 1. The second-order valence-electron chi connectivity index (χ2n) is 5.97. The van der Waals surface area contributed by atoms with E-state index in [2.05, 4.69) is 18.7 Å². The zero-order chi connectivity index (χ0) is 10.2. The molecule has 14 heavy (non-hydrogen) atoms. The third-order valence-corrected chi connectivity index (χ3v) is 3.89. The van der Waals surface area contributed by atoms with E-state index in [9.17, 15) is 0 Å². The van der Waals surface area contributed by atoms with Crippen LogP contribution in [-0.2, 0) is 0 Å². The van der Waals surface area contributed by atoms with E-state index in [1.807, 2.05) is 0 Å². The van der Waals surface area contributed by atoms with Crippen molar-refractivity contribution in [2.45, 2.75) is 58.0 Å². The van der Waals surface area contributed by atoms with Crippen LogP contribution in [0.1, 0.15) is 46.0 Å². The zero-order valence-electron chi connectivity index (χ0n) is 9.63. The molecular weight excluding hydrogens is 172 g/mol. The molecule has 2 N–H and O–H groups in total. The van der Waals surface area contributed by atoms with Crippen LogP contribution in [0.4, 0.5) is 0 Å². The van der Waals surface area contributed by atoms with Crippen LogP contribution in [0.5, 0.6) is 0 Å². The lowest BCUT2D eigenvalue weighted by atomic mass is 9.83. The van der Waals surface area contributed by atoms with Crippen LogP contribution in [0.2, 0.25) is 0 Å². The molecule has 2 atom stereocenters. The summed E-state index contributed by atoms with van der Waals surface area (Å²) >= 11 is 0. The third kappa shape index (κ3) is 2.29. The summed E-state index contributed by atoms with van der Waals surface area (Å²) in [7, 11) is 0. The van der Waals surface area contributed by atoms with E-state index in [1.165, 1.54) is 45.2 Å². The Morgan fingerprint density at radius 3 is 2.64 bits per heavy atom. The highest BCUT2D eigenvalue weighted by atomic mass is 15.2. The zero-order valence-corrected chi connectivity index (χ0v) is 9.63. The minimum atomic E-state index is 0.477. The lowest BCUT2D eigenvalue weighted by Gasteiger charge is -2.41. The van der Waals surface area contributed by atoms with E-state index >= 15 is 0 Å². The Morgan fingerprint density at radius 1 is 1.29 bits per heavy atom. The summed E-state index contributed by atoms with van der Waals surface area (Å²) in [5.41, 5.74) is 6.51. The largest absolute Gasteiger partial charge is 0.328 e. The summed E-state index contributed by atoms with van der Waals surface area (Å²) in [5, 5.41) is 0. The highest BCUT2D eigenvalue weighted by Gasteiger charge is 2.33. The first kappa shape index (κ1) is 10.4. The van der Waals surface area contributed by atoms with Crippen LogP contribution in [0.3, 0.4) is 0 Å². The lowest BCUT2D eigenvalue weighted by molar-refractivity contribution is 0.0797. The van der Waals surface area contributed by atoms with Crippen LogP contribution < -0.4 is 5.73 Å². The molecule has 0 aromatic heterocycles. The Hall–Kier alpha value is -0.0800. The molecule has 2 aliphatic rings. The maximum absolute atomic E-state index is 5.97. The number of nitrogens with zero attached hydrogens (tertiary/aromatic N) is 1. The van der Waals surface area contributed by atoms with Crippen LogP contribution in [-0.4, -0.2) is 30.1 Å². The second-order valence-corrected chi connectivity index (χ2v) is 5.97. The van der Waals surface area contributed by atoms with Crippen molar-refractivity contribution < 1.29 is 0 Å². The molecule has 2 unspecified atom stereocenters. The van der Waals surface area contributed by atoms with Gasteiger partial charge in [0.2, 0.25) is 0 Å². The van der Waals surface area contributed by atoms with Crippen LogP contribution in [0, 0.1) is 5.41 Å². The van der Waals surface area contributed by atoms with E-state index in [0.29, 0.717) is 11.5 Å². The summed E-state index contributed by atoms with van der Waals surface area (Å²) in [6.45, 7) is 7.38. The van der Waals surface area contributed by atoms with E-state index < -0.39 is 0 Å². The number of rotatable bonds is 1. The highest BCUT2D eigenvalue weighted by molar-refractivity contribution is 4.89. The van der Waals surface area contributed by atoms with Gasteiger partial charge in [0.1, 0.15) is 0 Å². The molecule has 0 aromatic carbocycles. The summed E-state index contributed by atoms with van der Waals surface area (Å²) < 4.78 is 0. The number of piperidine rings is 1. The first-order valence-corrected chi connectivity index (χ1v) is 6.06. The molecule has 2 rings (SSSR count). The highest BCUT2D eigenvalue weighted by Crippen LogP contribution is 2.33. The Balaban J connectivity index is 1.91. The maximum atomic E-state index is 5.97. The van der Waals surface area contributed by atoms with Crippen molar-refractivity contribution in [1.82, 2.24) is 4.90 Å². The van der Waals surface area contributed by atoms with Gasteiger partial charge in [-0.05, 0) is 44.1 Å². The SMILES string of the molecule is CC1(C)CCCN(C2CCC(N)C2)C1. The molecule has 1 aliphatic carbocycles. The van der Waals surface area contributed by atoms with Gasteiger partial charge in [0.15, 0.2) is 0 Å². The fourth-order valence-corrected chi connectivity index (χ4v) is 3.10. The molecule has 82 valence electrons. The molecule has 0 amide bonds. The van der Waals surface area contributed by atoms with Gasteiger partial charge in [-0.25, -0.2) is 0 Å². The minimum Gasteiger partial charge on any atom is -0.328 e. The van der Waals surface area contributed by atoms with Crippen LogP contribution >= 0.6 is 0 Å². The van der Waals surface area contributed by atoms with Crippen molar-refractivity contribution in [2.75, 3.05) is 13.1 Å². The molecule has 1 aliphatic heterocycles. The summed E-state index contributed by atoms with van der Waals surface area (Å²) in [5.74, 6) is 0. The van der Waals surface area contributed by atoms with Crippen molar-refractivity contribution in [1.29, 1.82) is 0 Å². The average molecular weight is 196 g/mol. The summed E-state index contributed by atoms with van der Waals surface area (Å²) in [4.78, 5) is 2.69. The molecule has 0 aromatic rings. The first-order chi connectivity index (χ1) is 6.57. The van der Waals surface area contributed by atoms with Gasteiger partial charge in [-0.2, -0.15) is 0 Å². The van der Waals surface area contributed by atoms with Gasteiger partial charge in [0, 0.05) is 18.6 Å². The van der Waals surface area contributed by atoms with E-state index in [-0.39, 0.29) is 0 Å². The van der Waals surface area contributed by atoms with Crippen molar-refractivity contribution >= 4 is 0 Å². The quantitative estimate of drug-likeness (QED) is 0.695. The van der Waals surface area contributed by atoms with Gasteiger partial charge in [0.25, 0.3) is 0 Å². The van der Waals surface area contributed by atoms with Gasteiger partial charge in [-0.1, -0.05) is 13.8 Å². The normalized spacial score (nSPS) is 38.8. The molecule has 0 bridgehead atoms. The van der Waals surface area contributed by atoms with Crippen LogP contribution in [0.25, 0.3) is 0 Å². The molecule has 2 nitrogen and oxygen atoms in total. The molecule has 1 heterocycles. The van der Waals surface area contributed by atoms with Gasteiger partial charge < -0.3 is 5.73 Å². The maximum Gasteiger partial charge on any atom is 0.0111 e. The Morgan fingerprint density at radius 2 is 2.07 bits per heavy atom. The van der Waals surface area contributed by atoms with E-state index in [1.54, 1.807) is 0 Å². The minimum absolute atomic E-state index is 0.477. The molecular formula is C12H24N2.